The van der Waals surface area contributed by atoms with Crippen molar-refractivity contribution in [1.82, 2.24) is 0 Å². The van der Waals surface area contributed by atoms with Crippen LogP contribution in [0, 0.1) is 11.3 Å². The Morgan fingerprint density at radius 1 is 1.26 bits per heavy atom. The number of rotatable bonds is 3. The monoisotopic (exact) mass is 297 g/mol. The van der Waals surface area contributed by atoms with Crippen LogP contribution in [0.2, 0.25) is 5.02 Å². The Hall–Kier alpha value is -1.05. The molecular formula is C14H16ClNO2S. The van der Waals surface area contributed by atoms with Crippen molar-refractivity contribution >= 4 is 21.4 Å². The average molecular weight is 298 g/mol. The Balaban J connectivity index is 2.18. The van der Waals surface area contributed by atoms with Gasteiger partial charge in [-0.25, -0.2) is 8.42 Å². The number of halogens is 1. The Morgan fingerprint density at radius 2 is 1.95 bits per heavy atom. The second kappa shape index (κ2) is 5.94. The number of sulfone groups is 1. The standard InChI is InChI=1S/C14H16ClNO2S/c15-14-8-11(9-16)6-7-12(14)10-19(17,18)13-4-2-1-3-5-13/h6-8,13H,1-5,10H2. The summed E-state index contributed by atoms with van der Waals surface area (Å²) in [7, 11) is -3.15. The third kappa shape index (κ3) is 3.49. The van der Waals surface area contributed by atoms with Gasteiger partial charge < -0.3 is 0 Å². The molecule has 0 amide bonds. The number of benzene rings is 1. The highest BCUT2D eigenvalue weighted by atomic mass is 35.5. The summed E-state index contributed by atoms with van der Waals surface area (Å²) < 4.78 is 24.7. The van der Waals surface area contributed by atoms with Crippen molar-refractivity contribution in [2.75, 3.05) is 0 Å². The van der Waals surface area contributed by atoms with E-state index in [2.05, 4.69) is 0 Å². The fourth-order valence-electron chi connectivity index (χ4n) is 2.49. The van der Waals surface area contributed by atoms with Gasteiger partial charge in [-0.05, 0) is 30.5 Å². The minimum absolute atomic E-state index is 0.0256. The first-order chi connectivity index (χ1) is 9.03. The smallest absolute Gasteiger partial charge is 0.157 e. The number of nitriles is 1. The van der Waals surface area contributed by atoms with Crippen LogP contribution in [0.3, 0.4) is 0 Å². The van der Waals surface area contributed by atoms with Gasteiger partial charge in [-0.2, -0.15) is 5.26 Å². The van der Waals surface area contributed by atoms with E-state index >= 15 is 0 Å². The topological polar surface area (TPSA) is 57.9 Å². The summed E-state index contributed by atoms with van der Waals surface area (Å²) in [5.41, 5.74) is 1.04. The molecule has 0 saturated heterocycles. The lowest BCUT2D eigenvalue weighted by molar-refractivity contribution is 0.483. The predicted octanol–water partition coefficient (Wildman–Crippen LogP) is 3.46. The van der Waals surface area contributed by atoms with E-state index in [9.17, 15) is 8.42 Å². The largest absolute Gasteiger partial charge is 0.228 e. The molecule has 5 heteroatoms. The van der Waals surface area contributed by atoms with E-state index in [0.717, 1.165) is 32.1 Å². The first-order valence-corrected chi connectivity index (χ1v) is 8.52. The molecule has 0 aliphatic heterocycles. The Morgan fingerprint density at radius 3 is 2.53 bits per heavy atom. The van der Waals surface area contributed by atoms with E-state index in [1.165, 1.54) is 6.07 Å². The summed E-state index contributed by atoms with van der Waals surface area (Å²) in [5, 5.41) is 8.89. The van der Waals surface area contributed by atoms with Crippen LogP contribution < -0.4 is 0 Å². The van der Waals surface area contributed by atoms with Gasteiger partial charge >= 0.3 is 0 Å². The maximum absolute atomic E-state index is 12.3. The quantitative estimate of drug-likeness (QED) is 0.858. The van der Waals surface area contributed by atoms with Crippen LogP contribution in [-0.2, 0) is 15.6 Å². The second-order valence-electron chi connectivity index (χ2n) is 4.99. The summed E-state index contributed by atoms with van der Waals surface area (Å²) in [6, 6.07) is 6.76. The highest BCUT2D eigenvalue weighted by Gasteiger charge is 2.27. The van der Waals surface area contributed by atoms with Gasteiger partial charge in [0.05, 0.1) is 22.6 Å². The zero-order chi connectivity index (χ0) is 13.9. The van der Waals surface area contributed by atoms with Crippen molar-refractivity contribution in [3.63, 3.8) is 0 Å². The summed E-state index contributed by atoms with van der Waals surface area (Å²) in [5.74, 6) is -0.0256. The van der Waals surface area contributed by atoms with Crippen molar-refractivity contribution < 1.29 is 8.42 Å². The van der Waals surface area contributed by atoms with Crippen molar-refractivity contribution in [3.05, 3.63) is 34.3 Å². The van der Waals surface area contributed by atoms with Crippen molar-refractivity contribution in [2.45, 2.75) is 43.1 Å². The van der Waals surface area contributed by atoms with Crippen molar-refractivity contribution in [1.29, 1.82) is 5.26 Å². The molecular weight excluding hydrogens is 282 g/mol. The average Bonchev–Trinajstić information content (AvgIpc) is 2.42. The third-order valence-electron chi connectivity index (χ3n) is 3.60. The molecule has 1 aromatic carbocycles. The summed E-state index contributed by atoms with van der Waals surface area (Å²) in [4.78, 5) is 0. The van der Waals surface area contributed by atoms with Crippen molar-refractivity contribution in [2.24, 2.45) is 0 Å². The lowest BCUT2D eigenvalue weighted by Gasteiger charge is -2.22. The lowest BCUT2D eigenvalue weighted by Crippen LogP contribution is -2.25. The molecule has 102 valence electrons. The van der Waals surface area contributed by atoms with Gasteiger partial charge in [-0.15, -0.1) is 0 Å². The number of hydrogen-bond acceptors (Lipinski definition) is 3. The summed E-state index contributed by atoms with van der Waals surface area (Å²) in [6.07, 6.45) is 4.63. The van der Waals surface area contributed by atoms with E-state index in [-0.39, 0.29) is 11.0 Å². The van der Waals surface area contributed by atoms with Crippen LogP contribution in [-0.4, -0.2) is 13.7 Å². The molecule has 1 saturated carbocycles. The molecule has 19 heavy (non-hydrogen) atoms. The Labute approximate surface area is 119 Å². The zero-order valence-electron chi connectivity index (χ0n) is 10.6. The molecule has 2 rings (SSSR count). The highest BCUT2D eigenvalue weighted by molar-refractivity contribution is 7.91. The molecule has 0 bridgehead atoms. The van der Waals surface area contributed by atoms with Crippen LogP contribution in [0.15, 0.2) is 18.2 Å². The molecule has 1 aromatic rings. The van der Waals surface area contributed by atoms with Gasteiger partial charge in [0.2, 0.25) is 0 Å². The third-order valence-corrected chi connectivity index (χ3v) is 6.15. The normalized spacial score (nSPS) is 17.1. The molecule has 0 N–H and O–H groups in total. The first-order valence-electron chi connectivity index (χ1n) is 6.43. The molecule has 1 aliphatic carbocycles. The molecule has 3 nitrogen and oxygen atoms in total. The minimum atomic E-state index is -3.15. The van der Waals surface area contributed by atoms with Gasteiger partial charge in [0.25, 0.3) is 0 Å². The minimum Gasteiger partial charge on any atom is -0.228 e. The molecule has 0 atom stereocenters. The molecule has 0 heterocycles. The fourth-order valence-corrected chi connectivity index (χ4v) is 4.79. The van der Waals surface area contributed by atoms with Gasteiger partial charge in [0.15, 0.2) is 9.84 Å². The SMILES string of the molecule is N#Cc1ccc(CS(=O)(=O)C2CCCCC2)c(Cl)c1. The number of nitrogens with zero attached hydrogens (tertiary/aromatic N) is 1. The number of hydrogen-bond donors (Lipinski definition) is 0. The molecule has 0 spiro atoms. The van der Waals surface area contributed by atoms with Crippen LogP contribution in [0.1, 0.15) is 43.2 Å². The van der Waals surface area contributed by atoms with Gasteiger partial charge in [-0.3, -0.25) is 0 Å². The predicted molar refractivity (Wildman–Crippen MR) is 75.7 cm³/mol. The zero-order valence-corrected chi connectivity index (χ0v) is 12.2. The lowest BCUT2D eigenvalue weighted by atomic mass is 10.0. The molecule has 0 unspecified atom stereocenters. The van der Waals surface area contributed by atoms with E-state index in [0.29, 0.717) is 16.1 Å². The molecule has 0 radical (unpaired) electrons. The van der Waals surface area contributed by atoms with Crippen LogP contribution in [0.25, 0.3) is 0 Å². The van der Waals surface area contributed by atoms with Crippen LogP contribution >= 0.6 is 11.6 Å². The summed E-state index contributed by atoms with van der Waals surface area (Å²) >= 11 is 6.04. The van der Waals surface area contributed by atoms with Gasteiger partial charge in [0, 0.05) is 5.02 Å². The van der Waals surface area contributed by atoms with E-state index in [1.807, 2.05) is 6.07 Å². The maximum Gasteiger partial charge on any atom is 0.157 e. The van der Waals surface area contributed by atoms with Gasteiger partial charge in [0.1, 0.15) is 0 Å². The fraction of sp³-hybridized carbons (Fsp3) is 0.500. The maximum atomic E-state index is 12.3. The molecule has 0 aromatic heterocycles. The Kier molecular flexibility index (Phi) is 4.49. The second-order valence-corrected chi connectivity index (χ2v) is 7.67. The van der Waals surface area contributed by atoms with E-state index in [1.54, 1.807) is 12.1 Å². The molecule has 1 aliphatic rings. The van der Waals surface area contributed by atoms with Gasteiger partial charge in [-0.1, -0.05) is 36.9 Å². The van der Waals surface area contributed by atoms with Crippen molar-refractivity contribution in [3.8, 4) is 6.07 Å². The van der Waals surface area contributed by atoms with Crippen LogP contribution in [0.4, 0.5) is 0 Å². The first kappa shape index (κ1) is 14.4. The Bertz CT molecular complexity index is 598. The summed E-state index contributed by atoms with van der Waals surface area (Å²) in [6.45, 7) is 0. The van der Waals surface area contributed by atoms with Crippen LogP contribution in [0.5, 0.6) is 0 Å². The van der Waals surface area contributed by atoms with E-state index in [4.69, 9.17) is 16.9 Å². The highest BCUT2D eigenvalue weighted by Crippen LogP contribution is 2.28. The molecule has 1 fully saturated rings. The van der Waals surface area contributed by atoms with E-state index < -0.39 is 9.84 Å².